The third-order valence-corrected chi connectivity index (χ3v) is 9.24. The number of nitrogens with zero attached hydrogens (tertiary/aromatic N) is 3. The highest BCUT2D eigenvalue weighted by Gasteiger charge is 2.39. The molecule has 14 heteroatoms. The van der Waals surface area contributed by atoms with Gasteiger partial charge in [0.25, 0.3) is 0 Å². The summed E-state index contributed by atoms with van der Waals surface area (Å²) < 4.78 is 11.0. The van der Waals surface area contributed by atoms with Crippen LogP contribution in [0.4, 0.5) is 32.3 Å². The average molecular weight is 688 g/mol. The quantitative estimate of drug-likeness (QED) is 0.226. The molecular weight excluding hydrogens is 637 g/mol. The number of ether oxygens (including phenoxy) is 2. The molecule has 3 saturated heterocycles. The molecule has 5 rings (SSSR count). The highest BCUT2D eigenvalue weighted by atomic mass is 16.6. The van der Waals surface area contributed by atoms with Gasteiger partial charge in [0.1, 0.15) is 23.3 Å². The minimum Gasteiger partial charge on any atom is -0.444 e. The van der Waals surface area contributed by atoms with Crippen LogP contribution in [0.2, 0.25) is 0 Å². The van der Waals surface area contributed by atoms with Gasteiger partial charge in [-0.1, -0.05) is 12.1 Å². The van der Waals surface area contributed by atoms with E-state index in [9.17, 15) is 19.2 Å². The second-order valence-electron chi connectivity index (χ2n) is 15.4. The first-order valence-electron chi connectivity index (χ1n) is 17.3. The topological polar surface area (TPSA) is 173 Å². The molecule has 2 radical (unpaired) electrons. The molecule has 6 N–H and O–H groups in total. The maximum absolute atomic E-state index is 13.2. The Hall–Kier alpha value is -4.46. The number of benzene rings is 2. The molecule has 3 aliphatic heterocycles. The fraction of sp³-hybridized carbons (Fsp3) is 0.556. The summed E-state index contributed by atoms with van der Waals surface area (Å²) in [7, 11) is 6.68. The Bertz CT molecular complexity index is 1510. The minimum absolute atomic E-state index is 0.133. The molecule has 4 unspecified atom stereocenters. The smallest absolute Gasteiger partial charge is 0.410 e. The van der Waals surface area contributed by atoms with Crippen LogP contribution in [0, 0.1) is 0 Å². The molecule has 50 heavy (non-hydrogen) atoms. The van der Waals surface area contributed by atoms with Crippen LogP contribution in [0.3, 0.4) is 0 Å². The van der Waals surface area contributed by atoms with E-state index >= 15 is 0 Å². The number of nitrogens with two attached hydrogens (primary N) is 2. The van der Waals surface area contributed by atoms with Crippen molar-refractivity contribution >= 4 is 54.7 Å². The van der Waals surface area contributed by atoms with E-state index in [1.807, 2.05) is 24.3 Å². The van der Waals surface area contributed by atoms with E-state index < -0.39 is 35.5 Å². The molecule has 4 amide bonds. The van der Waals surface area contributed by atoms with E-state index in [0.29, 0.717) is 61.5 Å². The number of carbonyl (C=O) groups excluding carboxylic acids is 4. The highest BCUT2D eigenvalue weighted by molar-refractivity contribution is 6.05. The number of carbonyl (C=O) groups is 4. The van der Waals surface area contributed by atoms with E-state index in [1.54, 1.807) is 58.5 Å². The first-order chi connectivity index (χ1) is 23.4. The molecule has 13 nitrogen and oxygen atoms in total. The van der Waals surface area contributed by atoms with E-state index in [-0.39, 0.29) is 23.9 Å². The van der Waals surface area contributed by atoms with Crippen LogP contribution < -0.4 is 22.1 Å². The van der Waals surface area contributed by atoms with Crippen LogP contribution in [0.1, 0.15) is 103 Å². The predicted molar refractivity (Wildman–Crippen MR) is 193 cm³/mol. The van der Waals surface area contributed by atoms with Crippen molar-refractivity contribution in [3.63, 3.8) is 0 Å². The Labute approximate surface area is 295 Å². The van der Waals surface area contributed by atoms with Crippen LogP contribution in [-0.4, -0.2) is 83.0 Å². The van der Waals surface area contributed by atoms with Crippen molar-refractivity contribution in [3.05, 3.63) is 47.5 Å². The van der Waals surface area contributed by atoms with E-state index in [4.69, 9.17) is 28.9 Å². The second kappa shape index (κ2) is 14.4. The molecule has 268 valence electrons. The summed E-state index contributed by atoms with van der Waals surface area (Å²) in [6, 6.07) is 9.42. The molecule has 3 fully saturated rings. The van der Waals surface area contributed by atoms with Crippen LogP contribution >= 0.6 is 0 Å². The lowest BCUT2D eigenvalue weighted by molar-refractivity contribution is -0.121. The standard InChI is InChI=1S/C36H50BN7O6/c1-35(2,3)49-33(47)42-17-7-9-29(42)31(45)40-25-13-11-21(19-23(25)38)27-15-16-28(44(27)37)22-12-14-26(24(39)20-22)41-32(46)30-10-8-18-43(30)34(48)50-36(4,5)6/h11-14,19-20,27-30H,7-10,15-18,38-39H2,1-6H3,(H,40,45)(H,41,46). The highest BCUT2D eigenvalue weighted by Crippen LogP contribution is 2.44. The Morgan fingerprint density at radius 3 is 1.40 bits per heavy atom. The zero-order valence-electron chi connectivity index (χ0n) is 30.0. The van der Waals surface area contributed by atoms with Crippen LogP contribution in [-0.2, 0) is 19.1 Å². The molecule has 2 aromatic carbocycles. The fourth-order valence-electron chi connectivity index (χ4n) is 6.90. The summed E-state index contributed by atoms with van der Waals surface area (Å²) in [5, 5.41) is 5.79. The van der Waals surface area contributed by atoms with Crippen molar-refractivity contribution in [3.8, 4) is 0 Å². The van der Waals surface area contributed by atoms with Gasteiger partial charge in [-0.3, -0.25) is 19.4 Å². The Morgan fingerprint density at radius 2 is 1.06 bits per heavy atom. The molecule has 0 spiro atoms. The van der Waals surface area contributed by atoms with Gasteiger partial charge in [0.05, 0.1) is 22.7 Å². The normalized spacial score (nSPS) is 22.8. The van der Waals surface area contributed by atoms with Crippen molar-refractivity contribution in [2.75, 3.05) is 35.2 Å². The van der Waals surface area contributed by atoms with Gasteiger partial charge in [0, 0.05) is 25.2 Å². The van der Waals surface area contributed by atoms with Crippen molar-refractivity contribution in [2.45, 2.75) is 115 Å². The number of anilines is 4. The largest absolute Gasteiger partial charge is 0.444 e. The van der Waals surface area contributed by atoms with E-state index in [1.165, 1.54) is 9.80 Å². The van der Waals surface area contributed by atoms with Crippen LogP contribution in [0.15, 0.2) is 36.4 Å². The summed E-state index contributed by atoms with van der Waals surface area (Å²) in [6.07, 6.45) is 3.01. The molecule has 4 atom stereocenters. The van der Waals surface area contributed by atoms with Crippen molar-refractivity contribution in [2.24, 2.45) is 0 Å². The predicted octanol–water partition coefficient (Wildman–Crippen LogP) is 5.49. The Balaban J connectivity index is 1.20. The van der Waals surface area contributed by atoms with Crippen molar-refractivity contribution < 1.29 is 28.7 Å². The number of rotatable bonds is 6. The monoisotopic (exact) mass is 687 g/mol. The van der Waals surface area contributed by atoms with E-state index in [0.717, 1.165) is 24.0 Å². The van der Waals surface area contributed by atoms with Gasteiger partial charge in [-0.05, 0) is 115 Å². The lowest BCUT2D eigenvalue weighted by Gasteiger charge is -2.29. The summed E-state index contributed by atoms with van der Waals surface area (Å²) >= 11 is 0. The molecule has 0 aliphatic carbocycles. The molecule has 0 saturated carbocycles. The van der Waals surface area contributed by atoms with Crippen molar-refractivity contribution in [1.29, 1.82) is 0 Å². The lowest BCUT2D eigenvalue weighted by Crippen LogP contribution is -2.45. The molecule has 3 heterocycles. The number of nitrogen functional groups attached to an aromatic ring is 2. The lowest BCUT2D eigenvalue weighted by atomic mass is 10.0. The zero-order valence-corrected chi connectivity index (χ0v) is 30.0. The summed E-state index contributed by atoms with van der Waals surface area (Å²) in [4.78, 5) is 56.5. The number of likely N-dealkylation sites (tertiary alicyclic amines) is 2. The Morgan fingerprint density at radius 1 is 0.680 bits per heavy atom. The van der Waals surface area contributed by atoms with Gasteiger partial charge < -0.3 is 36.4 Å². The van der Waals surface area contributed by atoms with E-state index in [2.05, 4.69) is 10.6 Å². The molecule has 0 bridgehead atoms. The minimum atomic E-state index is -0.659. The number of hydrogen-bond acceptors (Lipinski definition) is 9. The third-order valence-electron chi connectivity index (χ3n) is 9.24. The second-order valence-corrected chi connectivity index (χ2v) is 15.4. The maximum atomic E-state index is 13.2. The fourth-order valence-corrected chi connectivity index (χ4v) is 6.90. The summed E-state index contributed by atoms with van der Waals surface area (Å²) in [5.74, 6) is -0.620. The maximum Gasteiger partial charge on any atom is 0.410 e. The van der Waals surface area contributed by atoms with Gasteiger partial charge in [-0.15, -0.1) is 0 Å². The number of nitrogens with one attached hydrogen (secondary N) is 2. The SMILES string of the molecule is [B]N1C(c2ccc(NC(=O)C3CCCN3C(=O)OC(C)(C)C)c(N)c2)CCC1c1ccc(NC(=O)C2CCCN2C(=O)OC(C)(C)C)c(N)c1. The summed E-state index contributed by atoms with van der Waals surface area (Å²) in [6.45, 7) is 11.7. The zero-order chi connectivity index (χ0) is 36.5. The van der Waals surface area contributed by atoms with Gasteiger partial charge in [0.15, 0.2) is 7.98 Å². The van der Waals surface area contributed by atoms with Crippen molar-refractivity contribution in [1.82, 2.24) is 14.6 Å². The number of amides is 4. The molecular formula is C36H50BN7O6. The third kappa shape index (κ3) is 8.46. The summed E-state index contributed by atoms with van der Waals surface area (Å²) in [5.41, 5.74) is 15.1. The number of hydrogen-bond donors (Lipinski definition) is 4. The Kier molecular flexibility index (Phi) is 10.6. The van der Waals surface area contributed by atoms with Crippen LogP contribution in [0.25, 0.3) is 0 Å². The van der Waals surface area contributed by atoms with Gasteiger partial charge in [-0.25, -0.2) is 9.59 Å². The first-order valence-corrected chi connectivity index (χ1v) is 17.3. The average Bonchev–Trinajstić information content (AvgIpc) is 3.78. The van der Waals surface area contributed by atoms with Gasteiger partial charge >= 0.3 is 12.2 Å². The first kappa shape index (κ1) is 36.8. The molecule has 2 aromatic rings. The molecule has 0 aromatic heterocycles. The van der Waals surface area contributed by atoms with Gasteiger partial charge in [0.2, 0.25) is 11.8 Å². The van der Waals surface area contributed by atoms with Crippen LogP contribution in [0.5, 0.6) is 0 Å². The molecule has 3 aliphatic rings. The van der Waals surface area contributed by atoms with Gasteiger partial charge in [-0.2, -0.15) is 0 Å².